The molecular formula is C30H31N5O2S2. The molecule has 0 saturated carbocycles. The third-order valence-electron chi connectivity index (χ3n) is 8.28. The average molecular weight is 558 g/mol. The summed E-state index contributed by atoms with van der Waals surface area (Å²) in [5.41, 5.74) is 2.84. The van der Waals surface area contributed by atoms with Crippen LogP contribution in [0.15, 0.2) is 69.3 Å². The number of benzene rings is 2. The van der Waals surface area contributed by atoms with Crippen molar-refractivity contribution in [2.24, 2.45) is 11.3 Å². The van der Waals surface area contributed by atoms with Gasteiger partial charge < -0.3 is 0 Å². The fourth-order valence-electron chi connectivity index (χ4n) is 5.44. The molecule has 1 atom stereocenters. The fourth-order valence-corrected chi connectivity index (χ4v) is 7.65. The number of rotatable bonds is 7. The molecule has 39 heavy (non-hydrogen) atoms. The molecule has 3 aromatic heterocycles. The van der Waals surface area contributed by atoms with Gasteiger partial charge in [0.2, 0.25) is 0 Å². The Kier molecular flexibility index (Phi) is 6.89. The van der Waals surface area contributed by atoms with Crippen LogP contribution in [0.4, 0.5) is 0 Å². The lowest BCUT2D eigenvalue weighted by Crippen LogP contribution is -2.29. The second-order valence-electron chi connectivity index (χ2n) is 10.9. The van der Waals surface area contributed by atoms with E-state index in [1.165, 1.54) is 26.9 Å². The quantitative estimate of drug-likeness (QED) is 0.183. The van der Waals surface area contributed by atoms with Crippen LogP contribution in [0.2, 0.25) is 0 Å². The summed E-state index contributed by atoms with van der Waals surface area (Å²) in [6, 6.07) is 17.2. The molecule has 0 N–H and O–H groups in total. The van der Waals surface area contributed by atoms with Gasteiger partial charge >= 0.3 is 0 Å². The Hall–Kier alpha value is -3.30. The minimum absolute atomic E-state index is 0.00556. The average Bonchev–Trinajstić information content (AvgIpc) is 3.33. The number of nitrogens with zero attached hydrogens (tertiary/aromatic N) is 5. The monoisotopic (exact) mass is 557 g/mol. The van der Waals surface area contributed by atoms with Gasteiger partial charge in [-0.2, -0.15) is 4.68 Å². The number of fused-ring (bicyclic) bond motifs is 4. The molecule has 1 aliphatic rings. The third kappa shape index (κ3) is 4.82. The maximum atomic E-state index is 14.1. The van der Waals surface area contributed by atoms with Gasteiger partial charge in [-0.1, -0.05) is 86.6 Å². The van der Waals surface area contributed by atoms with Gasteiger partial charge in [0.1, 0.15) is 10.3 Å². The molecule has 2 aromatic carbocycles. The van der Waals surface area contributed by atoms with Crippen LogP contribution < -0.4 is 11.1 Å². The van der Waals surface area contributed by atoms with E-state index in [0.29, 0.717) is 28.5 Å². The highest BCUT2D eigenvalue weighted by Crippen LogP contribution is 2.44. The van der Waals surface area contributed by atoms with Crippen molar-refractivity contribution in [3.05, 3.63) is 91.3 Å². The van der Waals surface area contributed by atoms with Crippen molar-refractivity contribution in [3.63, 3.8) is 0 Å². The van der Waals surface area contributed by atoms with E-state index in [2.05, 4.69) is 31.1 Å². The molecule has 0 bridgehead atoms. The van der Waals surface area contributed by atoms with Gasteiger partial charge in [0.15, 0.2) is 5.16 Å². The number of hydrogen-bond donors (Lipinski definition) is 0. The van der Waals surface area contributed by atoms with Gasteiger partial charge in [-0.25, -0.2) is 4.98 Å². The van der Waals surface area contributed by atoms with Gasteiger partial charge in [-0.05, 0) is 53.9 Å². The SMILES string of the molecule is CCC(C)(C)[C@@H]1CCc2c(sc3nc(SCn4nnc5ccccc5c4=O)n(Cc4ccccc4)c(=O)c23)C1. The number of aryl methyl sites for hydroxylation is 1. The molecule has 0 amide bonds. The van der Waals surface area contributed by atoms with Gasteiger partial charge in [-0.15, -0.1) is 16.4 Å². The van der Waals surface area contributed by atoms with Crippen LogP contribution in [0.1, 0.15) is 49.6 Å². The molecule has 0 radical (unpaired) electrons. The summed E-state index contributed by atoms with van der Waals surface area (Å²) in [6.45, 7) is 7.39. The summed E-state index contributed by atoms with van der Waals surface area (Å²) in [4.78, 5) is 34.3. The molecule has 9 heteroatoms. The zero-order chi connectivity index (χ0) is 27.1. The maximum Gasteiger partial charge on any atom is 0.278 e. The molecule has 1 aliphatic carbocycles. The Morgan fingerprint density at radius 2 is 1.82 bits per heavy atom. The van der Waals surface area contributed by atoms with Crippen molar-refractivity contribution in [1.29, 1.82) is 0 Å². The highest BCUT2D eigenvalue weighted by atomic mass is 32.2. The fraction of sp³-hybridized carbons (Fsp3) is 0.367. The molecular weight excluding hydrogens is 526 g/mol. The van der Waals surface area contributed by atoms with Gasteiger partial charge in [0, 0.05) is 4.88 Å². The second kappa shape index (κ2) is 10.4. The third-order valence-corrected chi connectivity index (χ3v) is 10.4. The first-order valence-electron chi connectivity index (χ1n) is 13.4. The van der Waals surface area contributed by atoms with Crippen molar-refractivity contribution in [2.75, 3.05) is 0 Å². The summed E-state index contributed by atoms with van der Waals surface area (Å²) in [5, 5.41) is 10.2. The zero-order valence-corrected chi connectivity index (χ0v) is 24.0. The first kappa shape index (κ1) is 26.0. The van der Waals surface area contributed by atoms with E-state index in [0.717, 1.165) is 41.5 Å². The van der Waals surface area contributed by atoms with Crippen LogP contribution >= 0.6 is 23.1 Å². The molecule has 3 heterocycles. The lowest BCUT2D eigenvalue weighted by Gasteiger charge is -2.36. The molecule has 6 rings (SSSR count). The molecule has 7 nitrogen and oxygen atoms in total. The van der Waals surface area contributed by atoms with Crippen LogP contribution in [-0.2, 0) is 25.3 Å². The van der Waals surface area contributed by atoms with Crippen molar-refractivity contribution in [2.45, 2.75) is 64.0 Å². The predicted molar refractivity (Wildman–Crippen MR) is 159 cm³/mol. The molecule has 0 aliphatic heterocycles. The van der Waals surface area contributed by atoms with Gasteiger partial charge in [-0.3, -0.25) is 14.2 Å². The van der Waals surface area contributed by atoms with E-state index in [4.69, 9.17) is 4.98 Å². The Balaban J connectivity index is 1.41. The van der Waals surface area contributed by atoms with Crippen LogP contribution in [0.3, 0.4) is 0 Å². The van der Waals surface area contributed by atoms with E-state index < -0.39 is 0 Å². The number of hydrogen-bond acceptors (Lipinski definition) is 7. The number of thioether (sulfide) groups is 1. The maximum absolute atomic E-state index is 14.1. The molecule has 0 fully saturated rings. The first-order valence-corrected chi connectivity index (χ1v) is 15.2. The Labute approximate surface area is 234 Å². The van der Waals surface area contributed by atoms with Crippen LogP contribution in [0.25, 0.3) is 21.1 Å². The van der Waals surface area contributed by atoms with E-state index in [-0.39, 0.29) is 22.4 Å². The van der Waals surface area contributed by atoms with E-state index in [1.807, 2.05) is 42.5 Å². The highest BCUT2D eigenvalue weighted by molar-refractivity contribution is 7.98. The first-order chi connectivity index (χ1) is 18.9. The van der Waals surface area contributed by atoms with Gasteiger partial charge in [0.25, 0.3) is 11.1 Å². The summed E-state index contributed by atoms with van der Waals surface area (Å²) in [5.74, 6) is 0.808. The molecule has 0 saturated heterocycles. The normalized spacial score (nSPS) is 15.6. The Bertz CT molecular complexity index is 1790. The standard InChI is InChI=1S/C30H31N5O2S2/c1-4-30(2,3)20-14-15-22-24(16-20)39-26-25(22)28(37)34(17-19-10-6-5-7-11-19)29(31-26)38-18-35-27(36)21-12-8-9-13-23(21)32-33-35/h5-13,20H,4,14-18H2,1-3H3/t20-/m1/s1. The smallest absolute Gasteiger partial charge is 0.278 e. The lowest BCUT2D eigenvalue weighted by molar-refractivity contribution is 0.184. The lowest BCUT2D eigenvalue weighted by atomic mass is 9.70. The number of thiophene rings is 1. The van der Waals surface area contributed by atoms with Crippen LogP contribution in [-0.4, -0.2) is 24.5 Å². The van der Waals surface area contributed by atoms with Crippen molar-refractivity contribution < 1.29 is 0 Å². The largest absolute Gasteiger partial charge is 0.282 e. The van der Waals surface area contributed by atoms with E-state index >= 15 is 0 Å². The summed E-state index contributed by atoms with van der Waals surface area (Å²) in [7, 11) is 0. The summed E-state index contributed by atoms with van der Waals surface area (Å²) >= 11 is 3.01. The van der Waals surface area contributed by atoms with Crippen molar-refractivity contribution in [1.82, 2.24) is 24.5 Å². The van der Waals surface area contributed by atoms with E-state index in [9.17, 15) is 9.59 Å². The molecule has 200 valence electrons. The highest BCUT2D eigenvalue weighted by Gasteiger charge is 2.34. The molecule has 0 spiro atoms. The molecule has 0 unspecified atom stereocenters. The van der Waals surface area contributed by atoms with Gasteiger partial charge in [0.05, 0.1) is 23.2 Å². The summed E-state index contributed by atoms with van der Waals surface area (Å²) in [6.07, 6.45) is 4.15. The zero-order valence-electron chi connectivity index (χ0n) is 22.4. The van der Waals surface area contributed by atoms with Crippen molar-refractivity contribution in [3.8, 4) is 0 Å². The van der Waals surface area contributed by atoms with Crippen LogP contribution in [0, 0.1) is 11.3 Å². The van der Waals surface area contributed by atoms with E-state index in [1.54, 1.807) is 28.0 Å². The number of aromatic nitrogens is 5. The Morgan fingerprint density at radius 1 is 1.05 bits per heavy atom. The predicted octanol–water partition coefficient (Wildman–Crippen LogP) is 5.90. The molecule has 5 aromatic rings. The minimum atomic E-state index is -0.206. The second-order valence-corrected chi connectivity index (χ2v) is 12.9. The summed E-state index contributed by atoms with van der Waals surface area (Å²) < 4.78 is 3.10. The van der Waals surface area contributed by atoms with Crippen LogP contribution in [0.5, 0.6) is 0 Å². The minimum Gasteiger partial charge on any atom is -0.282 e. The topological polar surface area (TPSA) is 82.7 Å². The Morgan fingerprint density at radius 3 is 2.62 bits per heavy atom. The van der Waals surface area contributed by atoms with Crippen molar-refractivity contribution >= 4 is 44.2 Å².